The van der Waals surface area contributed by atoms with Crippen molar-refractivity contribution < 1.29 is 13.9 Å². The van der Waals surface area contributed by atoms with Crippen molar-refractivity contribution in [3.8, 4) is 11.8 Å². The van der Waals surface area contributed by atoms with E-state index in [1.54, 1.807) is 0 Å². The van der Waals surface area contributed by atoms with Gasteiger partial charge in [0.05, 0.1) is 12.7 Å². The normalized spacial score (nSPS) is 9.50. The van der Waals surface area contributed by atoms with Crippen LogP contribution in [0.15, 0.2) is 18.2 Å². The zero-order valence-electron chi connectivity index (χ0n) is 8.78. The van der Waals surface area contributed by atoms with Gasteiger partial charge in [0.25, 0.3) is 0 Å². The summed E-state index contributed by atoms with van der Waals surface area (Å²) in [5, 5.41) is 8.31. The lowest BCUT2D eigenvalue weighted by Gasteiger charge is -2.05. The predicted octanol–water partition coefficient (Wildman–Crippen LogP) is 2.71. The van der Waals surface area contributed by atoms with Gasteiger partial charge >= 0.3 is 0 Å². The van der Waals surface area contributed by atoms with Crippen LogP contribution >= 0.6 is 0 Å². The highest BCUT2D eigenvalue weighted by atomic mass is 19.1. The van der Waals surface area contributed by atoms with E-state index >= 15 is 0 Å². The molecule has 4 heteroatoms. The lowest BCUT2D eigenvalue weighted by atomic mass is 10.2. The number of carbonyl (C=O) groups excluding carboxylic acids is 1. The lowest BCUT2D eigenvalue weighted by Crippen LogP contribution is -1.98. The van der Waals surface area contributed by atoms with Crippen LogP contribution in [0.25, 0.3) is 0 Å². The highest BCUT2D eigenvalue weighted by Crippen LogP contribution is 2.15. The van der Waals surface area contributed by atoms with Crippen LogP contribution in [-0.4, -0.2) is 12.9 Å². The molecule has 0 N–H and O–H groups in total. The second-order valence-corrected chi connectivity index (χ2v) is 3.30. The average Bonchev–Trinajstić information content (AvgIpc) is 2.28. The summed E-state index contributed by atoms with van der Waals surface area (Å²) < 4.78 is 18.2. The second kappa shape index (κ2) is 6.57. The minimum atomic E-state index is -0.489. The molecule has 0 atom stereocenters. The summed E-state index contributed by atoms with van der Waals surface area (Å²) in [7, 11) is 0. The first-order valence-corrected chi connectivity index (χ1v) is 5.02. The van der Waals surface area contributed by atoms with Gasteiger partial charge in [0.1, 0.15) is 17.9 Å². The van der Waals surface area contributed by atoms with Crippen LogP contribution in [-0.2, 0) is 0 Å². The molecule has 0 radical (unpaired) electrons. The standard InChI is InChI=1S/C12H12FNO2/c13-11-6-10(9-15)7-12(8-11)16-5-3-1-2-4-14/h6-9H,1-3,5H2. The van der Waals surface area contributed by atoms with Crippen molar-refractivity contribution in [2.45, 2.75) is 19.3 Å². The van der Waals surface area contributed by atoms with Crippen molar-refractivity contribution in [2.24, 2.45) is 0 Å². The Morgan fingerprint density at radius 1 is 1.38 bits per heavy atom. The van der Waals surface area contributed by atoms with E-state index in [9.17, 15) is 9.18 Å². The number of ether oxygens (including phenoxy) is 1. The third kappa shape index (κ3) is 4.09. The molecule has 0 bridgehead atoms. The summed E-state index contributed by atoms with van der Waals surface area (Å²) >= 11 is 0. The highest BCUT2D eigenvalue weighted by molar-refractivity contribution is 5.75. The number of rotatable bonds is 6. The van der Waals surface area contributed by atoms with E-state index in [4.69, 9.17) is 10.00 Å². The number of unbranched alkanes of at least 4 members (excludes halogenated alkanes) is 2. The number of halogens is 1. The van der Waals surface area contributed by atoms with E-state index in [1.807, 2.05) is 6.07 Å². The van der Waals surface area contributed by atoms with Crippen LogP contribution in [0.5, 0.6) is 5.75 Å². The minimum absolute atomic E-state index is 0.257. The molecule has 0 aliphatic heterocycles. The van der Waals surface area contributed by atoms with Crippen molar-refractivity contribution in [3.63, 3.8) is 0 Å². The molecule has 0 unspecified atom stereocenters. The summed E-state index contributed by atoms with van der Waals surface area (Å²) in [6.45, 7) is 0.420. The van der Waals surface area contributed by atoms with Crippen molar-refractivity contribution >= 4 is 6.29 Å². The number of hydrogen-bond donors (Lipinski definition) is 0. The molecule has 0 heterocycles. The molecule has 3 nitrogen and oxygen atoms in total. The Kier molecular flexibility index (Phi) is 5.00. The van der Waals surface area contributed by atoms with Crippen LogP contribution in [0.4, 0.5) is 4.39 Å². The topological polar surface area (TPSA) is 50.1 Å². The molecule has 84 valence electrons. The van der Waals surface area contributed by atoms with Crippen LogP contribution in [0, 0.1) is 17.1 Å². The number of hydrogen-bond acceptors (Lipinski definition) is 3. The van der Waals surface area contributed by atoms with Crippen LogP contribution in [0.3, 0.4) is 0 Å². The SMILES string of the molecule is N#CCCCCOc1cc(F)cc(C=O)c1. The Morgan fingerprint density at radius 3 is 2.88 bits per heavy atom. The second-order valence-electron chi connectivity index (χ2n) is 3.30. The van der Waals surface area contributed by atoms with E-state index < -0.39 is 5.82 Å². The van der Waals surface area contributed by atoms with Crippen LogP contribution < -0.4 is 4.74 Å². The fraction of sp³-hybridized carbons (Fsp3) is 0.333. The summed E-state index contributed by atoms with van der Waals surface area (Å²) in [5.41, 5.74) is 0.257. The molecule has 0 aliphatic carbocycles. The number of aldehydes is 1. The predicted molar refractivity (Wildman–Crippen MR) is 56.7 cm³/mol. The summed E-state index contributed by atoms with van der Waals surface area (Å²) in [6, 6.07) is 5.90. The molecule has 16 heavy (non-hydrogen) atoms. The van der Waals surface area contributed by atoms with E-state index in [-0.39, 0.29) is 5.56 Å². The third-order valence-electron chi connectivity index (χ3n) is 1.98. The summed E-state index contributed by atoms with van der Waals surface area (Å²) in [5.74, 6) is -0.143. The van der Waals surface area contributed by atoms with Gasteiger partial charge in [0.15, 0.2) is 0 Å². The highest BCUT2D eigenvalue weighted by Gasteiger charge is 2.01. The van der Waals surface area contributed by atoms with Gasteiger partial charge in [-0.1, -0.05) is 0 Å². The Balaban J connectivity index is 2.44. The first-order chi connectivity index (χ1) is 7.76. The zero-order chi connectivity index (χ0) is 11.8. The maximum absolute atomic E-state index is 13.0. The fourth-order valence-corrected chi connectivity index (χ4v) is 1.23. The number of carbonyl (C=O) groups is 1. The molecule has 0 fully saturated rings. The monoisotopic (exact) mass is 221 g/mol. The third-order valence-corrected chi connectivity index (χ3v) is 1.98. The van der Waals surface area contributed by atoms with Gasteiger partial charge in [0, 0.05) is 18.1 Å². The van der Waals surface area contributed by atoms with Gasteiger partial charge < -0.3 is 4.74 Å². The molecule has 1 rings (SSSR count). The van der Waals surface area contributed by atoms with Crippen molar-refractivity contribution in [1.82, 2.24) is 0 Å². The first kappa shape index (κ1) is 12.2. The Morgan fingerprint density at radius 2 is 2.19 bits per heavy atom. The maximum atomic E-state index is 13.0. The Labute approximate surface area is 93.5 Å². The van der Waals surface area contributed by atoms with Gasteiger partial charge in [-0.25, -0.2) is 4.39 Å². The smallest absolute Gasteiger partial charge is 0.150 e. The molecule has 0 spiro atoms. The number of benzene rings is 1. The molecule has 0 aromatic heterocycles. The Bertz CT molecular complexity index is 398. The molecule has 1 aromatic rings. The molecule has 0 saturated heterocycles. The summed E-state index contributed by atoms with van der Waals surface area (Å²) in [4.78, 5) is 10.5. The van der Waals surface area contributed by atoms with Crippen LogP contribution in [0.2, 0.25) is 0 Å². The summed E-state index contributed by atoms with van der Waals surface area (Å²) in [6.07, 6.45) is 2.56. The molecular formula is C12H12FNO2. The molecular weight excluding hydrogens is 209 g/mol. The van der Waals surface area contributed by atoms with Gasteiger partial charge in [-0.15, -0.1) is 0 Å². The van der Waals surface area contributed by atoms with E-state index in [2.05, 4.69) is 0 Å². The van der Waals surface area contributed by atoms with Crippen molar-refractivity contribution in [2.75, 3.05) is 6.61 Å². The van der Waals surface area contributed by atoms with Gasteiger partial charge in [-0.3, -0.25) is 4.79 Å². The minimum Gasteiger partial charge on any atom is -0.493 e. The quantitative estimate of drug-likeness (QED) is 0.548. The lowest BCUT2D eigenvalue weighted by molar-refractivity contribution is 0.112. The van der Waals surface area contributed by atoms with E-state index in [0.29, 0.717) is 25.1 Å². The molecule has 1 aromatic carbocycles. The Hall–Kier alpha value is -1.89. The van der Waals surface area contributed by atoms with Crippen molar-refractivity contribution in [3.05, 3.63) is 29.6 Å². The van der Waals surface area contributed by atoms with E-state index in [0.717, 1.165) is 18.9 Å². The van der Waals surface area contributed by atoms with Gasteiger partial charge in [-0.05, 0) is 25.0 Å². The largest absolute Gasteiger partial charge is 0.493 e. The van der Waals surface area contributed by atoms with E-state index in [1.165, 1.54) is 12.1 Å². The van der Waals surface area contributed by atoms with Crippen LogP contribution in [0.1, 0.15) is 29.6 Å². The first-order valence-electron chi connectivity index (χ1n) is 5.02. The van der Waals surface area contributed by atoms with Gasteiger partial charge in [0.2, 0.25) is 0 Å². The number of nitrogens with zero attached hydrogens (tertiary/aromatic N) is 1. The molecule has 0 aliphatic rings. The molecule has 0 amide bonds. The zero-order valence-corrected chi connectivity index (χ0v) is 8.78. The maximum Gasteiger partial charge on any atom is 0.150 e. The number of nitriles is 1. The average molecular weight is 221 g/mol. The fourth-order valence-electron chi connectivity index (χ4n) is 1.23. The van der Waals surface area contributed by atoms with Gasteiger partial charge in [-0.2, -0.15) is 5.26 Å². The van der Waals surface area contributed by atoms with Crippen molar-refractivity contribution in [1.29, 1.82) is 5.26 Å². The molecule has 0 saturated carbocycles.